The SMILES string of the molecule is [CH2-]CCCCCCCCC(C)(C)C.[Li+]. The van der Waals surface area contributed by atoms with Crippen LogP contribution in [-0.2, 0) is 0 Å². The monoisotopic (exact) mass is 190 g/mol. The molecule has 14 heavy (non-hydrogen) atoms. The van der Waals surface area contributed by atoms with Gasteiger partial charge in [-0.05, 0) is 11.8 Å². The summed E-state index contributed by atoms with van der Waals surface area (Å²) in [5.74, 6) is 0. The van der Waals surface area contributed by atoms with Crippen molar-refractivity contribution in [2.75, 3.05) is 0 Å². The summed E-state index contributed by atoms with van der Waals surface area (Å²) in [6, 6.07) is 0. The van der Waals surface area contributed by atoms with E-state index in [1.54, 1.807) is 0 Å². The molecule has 0 aliphatic carbocycles. The molecule has 0 rings (SSSR count). The zero-order valence-electron chi connectivity index (χ0n) is 10.9. The zero-order chi connectivity index (χ0) is 10.2. The summed E-state index contributed by atoms with van der Waals surface area (Å²) < 4.78 is 0. The summed E-state index contributed by atoms with van der Waals surface area (Å²) in [6.07, 6.45) is 10.9. The Labute approximate surface area is 103 Å². The van der Waals surface area contributed by atoms with Crippen molar-refractivity contribution in [2.24, 2.45) is 5.41 Å². The van der Waals surface area contributed by atoms with Crippen molar-refractivity contribution in [3.05, 3.63) is 6.92 Å². The van der Waals surface area contributed by atoms with Gasteiger partial charge in [-0.1, -0.05) is 59.3 Å². The standard InChI is InChI=1S/C13H27.Li/c1-5-6-7-8-9-10-11-12-13(2,3)4;/h1,5-12H2,2-4H3;/q-1;+1. The maximum Gasteiger partial charge on any atom is 1.00 e. The van der Waals surface area contributed by atoms with E-state index in [2.05, 4.69) is 27.7 Å². The molecule has 0 aliphatic heterocycles. The Morgan fingerprint density at radius 3 is 1.64 bits per heavy atom. The van der Waals surface area contributed by atoms with Crippen LogP contribution < -0.4 is 18.9 Å². The predicted octanol–water partition coefficient (Wildman–Crippen LogP) is 1.99. The molecule has 1 heteroatoms. The van der Waals surface area contributed by atoms with Crippen LogP contribution in [0.2, 0.25) is 0 Å². The topological polar surface area (TPSA) is 0 Å². The third-order valence-electron chi connectivity index (χ3n) is 2.43. The molecule has 0 spiro atoms. The van der Waals surface area contributed by atoms with Gasteiger partial charge >= 0.3 is 18.9 Å². The van der Waals surface area contributed by atoms with Gasteiger partial charge in [0.1, 0.15) is 0 Å². The molecular weight excluding hydrogens is 163 g/mol. The second-order valence-corrected chi connectivity index (χ2v) is 5.29. The first kappa shape index (κ1) is 17.0. The summed E-state index contributed by atoms with van der Waals surface area (Å²) in [5.41, 5.74) is 0.535. The molecule has 0 saturated carbocycles. The van der Waals surface area contributed by atoms with E-state index in [0.29, 0.717) is 5.41 Å². The van der Waals surface area contributed by atoms with E-state index in [-0.39, 0.29) is 18.9 Å². The smallest absolute Gasteiger partial charge is 0.343 e. The van der Waals surface area contributed by atoms with Crippen LogP contribution in [0, 0.1) is 12.3 Å². The first-order chi connectivity index (χ1) is 6.06. The van der Waals surface area contributed by atoms with Crippen molar-refractivity contribution in [2.45, 2.75) is 72.1 Å². The molecule has 0 aromatic rings. The summed E-state index contributed by atoms with van der Waals surface area (Å²) in [4.78, 5) is 0. The molecule has 0 saturated heterocycles. The van der Waals surface area contributed by atoms with Crippen LogP contribution in [0.15, 0.2) is 0 Å². The van der Waals surface area contributed by atoms with Gasteiger partial charge in [0.15, 0.2) is 0 Å². The van der Waals surface area contributed by atoms with Gasteiger partial charge in [0.2, 0.25) is 0 Å². The number of hydrogen-bond acceptors (Lipinski definition) is 0. The largest absolute Gasteiger partial charge is 1.00 e. The molecule has 0 bridgehead atoms. The van der Waals surface area contributed by atoms with Crippen LogP contribution in [0.4, 0.5) is 0 Å². The summed E-state index contributed by atoms with van der Waals surface area (Å²) in [7, 11) is 0. The van der Waals surface area contributed by atoms with E-state index in [1.807, 2.05) is 0 Å². The summed E-state index contributed by atoms with van der Waals surface area (Å²) in [5, 5.41) is 0. The average Bonchev–Trinajstić information content (AvgIpc) is 2.01. The molecule has 0 unspecified atom stereocenters. The minimum absolute atomic E-state index is 0. The van der Waals surface area contributed by atoms with Gasteiger partial charge in [0, 0.05) is 0 Å². The summed E-state index contributed by atoms with van der Waals surface area (Å²) >= 11 is 0. The van der Waals surface area contributed by atoms with E-state index in [4.69, 9.17) is 0 Å². The van der Waals surface area contributed by atoms with E-state index < -0.39 is 0 Å². The molecule has 80 valence electrons. The second kappa shape index (κ2) is 10.1. The minimum Gasteiger partial charge on any atom is -0.343 e. The number of unbranched alkanes of at least 4 members (excludes halogenated alkanes) is 6. The van der Waals surface area contributed by atoms with Gasteiger partial charge in [0.05, 0.1) is 0 Å². The molecule has 0 amide bonds. The van der Waals surface area contributed by atoms with Gasteiger partial charge in [0.25, 0.3) is 0 Å². The van der Waals surface area contributed by atoms with Crippen molar-refractivity contribution >= 4 is 0 Å². The Morgan fingerprint density at radius 1 is 0.786 bits per heavy atom. The van der Waals surface area contributed by atoms with Gasteiger partial charge in [-0.15, -0.1) is 0 Å². The van der Waals surface area contributed by atoms with Gasteiger partial charge in [-0.2, -0.15) is 6.42 Å². The molecule has 0 radical (unpaired) electrons. The Kier molecular flexibility index (Phi) is 12.3. The molecular formula is C13H27Li. The van der Waals surface area contributed by atoms with Crippen LogP contribution in [0.1, 0.15) is 72.1 Å². The van der Waals surface area contributed by atoms with Gasteiger partial charge in [-0.25, -0.2) is 0 Å². The average molecular weight is 190 g/mol. The number of rotatable bonds is 7. The molecule has 0 aromatic carbocycles. The Morgan fingerprint density at radius 2 is 1.21 bits per heavy atom. The third-order valence-corrected chi connectivity index (χ3v) is 2.43. The van der Waals surface area contributed by atoms with E-state index in [0.717, 1.165) is 6.42 Å². The number of hydrogen-bond donors (Lipinski definition) is 0. The fraction of sp³-hybridized carbons (Fsp3) is 0.923. The van der Waals surface area contributed by atoms with Crippen molar-refractivity contribution in [1.82, 2.24) is 0 Å². The first-order valence-corrected chi connectivity index (χ1v) is 5.85. The Hall–Kier alpha value is 0.597. The second-order valence-electron chi connectivity index (χ2n) is 5.29. The maximum absolute atomic E-state index is 3.85. The molecule has 0 heterocycles. The van der Waals surface area contributed by atoms with Crippen molar-refractivity contribution in [3.8, 4) is 0 Å². The Bertz CT molecular complexity index is 102. The van der Waals surface area contributed by atoms with Crippen LogP contribution in [0.3, 0.4) is 0 Å². The molecule has 0 aliphatic rings. The molecule has 0 fully saturated rings. The molecule has 0 atom stereocenters. The minimum atomic E-state index is 0. The fourth-order valence-corrected chi connectivity index (χ4v) is 1.54. The maximum atomic E-state index is 3.85. The van der Waals surface area contributed by atoms with Crippen LogP contribution in [0.25, 0.3) is 0 Å². The van der Waals surface area contributed by atoms with Gasteiger partial charge in [-0.3, -0.25) is 0 Å². The van der Waals surface area contributed by atoms with Gasteiger partial charge < -0.3 is 6.92 Å². The molecule has 0 nitrogen and oxygen atoms in total. The van der Waals surface area contributed by atoms with Crippen LogP contribution >= 0.6 is 0 Å². The van der Waals surface area contributed by atoms with Crippen molar-refractivity contribution < 1.29 is 18.9 Å². The van der Waals surface area contributed by atoms with E-state index in [1.165, 1.54) is 44.9 Å². The van der Waals surface area contributed by atoms with E-state index in [9.17, 15) is 0 Å². The van der Waals surface area contributed by atoms with Crippen molar-refractivity contribution in [1.29, 1.82) is 0 Å². The summed E-state index contributed by atoms with van der Waals surface area (Å²) in [6.45, 7) is 10.8. The third kappa shape index (κ3) is 15.1. The van der Waals surface area contributed by atoms with Crippen LogP contribution in [0.5, 0.6) is 0 Å². The van der Waals surface area contributed by atoms with Crippen LogP contribution in [-0.4, -0.2) is 0 Å². The first-order valence-electron chi connectivity index (χ1n) is 5.85. The fourth-order valence-electron chi connectivity index (χ4n) is 1.54. The Balaban J connectivity index is 0. The zero-order valence-corrected chi connectivity index (χ0v) is 10.9. The normalized spacial score (nSPS) is 11.1. The van der Waals surface area contributed by atoms with Crippen molar-refractivity contribution in [3.63, 3.8) is 0 Å². The molecule has 0 N–H and O–H groups in total. The molecule has 0 aromatic heterocycles. The predicted molar refractivity (Wildman–Crippen MR) is 61.7 cm³/mol. The van der Waals surface area contributed by atoms with E-state index >= 15 is 0 Å². The quantitative estimate of drug-likeness (QED) is 0.327.